The predicted octanol–water partition coefficient (Wildman–Crippen LogP) is 0.530. The quantitative estimate of drug-likeness (QED) is 0.715. The molecule has 0 aromatic carbocycles. The van der Waals surface area contributed by atoms with Crippen LogP contribution >= 0.6 is 0 Å². The van der Waals surface area contributed by atoms with Crippen LogP contribution in [-0.2, 0) is 14.6 Å². The first-order chi connectivity index (χ1) is 5.82. The highest BCUT2D eigenvalue weighted by Crippen LogP contribution is 2.35. The summed E-state index contributed by atoms with van der Waals surface area (Å²) in [6, 6.07) is 0. The van der Waals surface area contributed by atoms with E-state index in [2.05, 4.69) is 0 Å². The molecule has 0 aliphatic heterocycles. The molecule has 0 unspecified atom stereocenters. The molecule has 1 N–H and O–H groups in total. The summed E-state index contributed by atoms with van der Waals surface area (Å²) < 4.78 is 22.3. The zero-order valence-corrected chi connectivity index (χ0v) is 8.54. The number of sulfone groups is 1. The van der Waals surface area contributed by atoms with E-state index < -0.39 is 27.0 Å². The summed E-state index contributed by atoms with van der Waals surface area (Å²) in [6.45, 7) is 1.80. The van der Waals surface area contributed by atoms with E-state index >= 15 is 0 Å². The average molecular weight is 206 g/mol. The van der Waals surface area contributed by atoms with Crippen molar-refractivity contribution in [3.8, 4) is 0 Å². The van der Waals surface area contributed by atoms with Crippen LogP contribution in [0.3, 0.4) is 0 Å². The molecular weight excluding hydrogens is 192 g/mol. The van der Waals surface area contributed by atoms with Gasteiger partial charge in [0.15, 0.2) is 0 Å². The molecule has 0 aromatic heterocycles. The molecule has 4 nitrogen and oxygen atoms in total. The number of hydrogen-bond acceptors (Lipinski definition) is 3. The molecule has 76 valence electrons. The van der Waals surface area contributed by atoms with E-state index in [4.69, 9.17) is 5.11 Å². The molecule has 1 saturated carbocycles. The highest BCUT2D eigenvalue weighted by Gasteiger charge is 2.40. The van der Waals surface area contributed by atoms with Crippen molar-refractivity contribution in [3.05, 3.63) is 0 Å². The minimum absolute atomic E-state index is 0.0303. The van der Waals surface area contributed by atoms with Crippen molar-refractivity contribution in [2.24, 2.45) is 11.8 Å². The second-order valence-corrected chi connectivity index (χ2v) is 6.17. The molecule has 1 rings (SSSR count). The number of carboxylic acid groups (broad SMARTS) is 1. The first-order valence-electron chi connectivity index (χ1n) is 4.24. The number of rotatable bonds is 2. The minimum Gasteiger partial charge on any atom is -0.481 e. The van der Waals surface area contributed by atoms with Gasteiger partial charge in [0.25, 0.3) is 0 Å². The van der Waals surface area contributed by atoms with Crippen molar-refractivity contribution in [2.75, 3.05) is 6.26 Å². The molecule has 1 aliphatic carbocycles. The molecule has 0 amide bonds. The first-order valence-corrected chi connectivity index (χ1v) is 6.19. The third-order valence-corrected chi connectivity index (χ3v) is 4.36. The lowest BCUT2D eigenvalue weighted by molar-refractivity contribution is -0.142. The van der Waals surface area contributed by atoms with Crippen LogP contribution in [0.25, 0.3) is 0 Å². The van der Waals surface area contributed by atoms with Crippen molar-refractivity contribution in [3.63, 3.8) is 0 Å². The molecule has 0 saturated heterocycles. The van der Waals surface area contributed by atoms with Crippen LogP contribution in [0.1, 0.15) is 19.8 Å². The maximum atomic E-state index is 11.2. The Morgan fingerprint density at radius 3 is 2.15 bits per heavy atom. The Bertz CT molecular complexity index is 306. The van der Waals surface area contributed by atoms with Gasteiger partial charge in [0.2, 0.25) is 0 Å². The lowest BCUT2D eigenvalue weighted by Crippen LogP contribution is -2.18. The third kappa shape index (κ3) is 2.21. The molecule has 0 heterocycles. The van der Waals surface area contributed by atoms with E-state index in [-0.39, 0.29) is 12.3 Å². The summed E-state index contributed by atoms with van der Waals surface area (Å²) in [5.74, 6) is -1.39. The van der Waals surface area contributed by atoms with Crippen LogP contribution in [0, 0.1) is 11.8 Å². The zero-order valence-electron chi connectivity index (χ0n) is 7.73. The second-order valence-electron chi connectivity index (χ2n) is 3.84. The SMILES string of the molecule is C[C@@H]1C[C@@H](S(C)(=O)=O)C[C@H]1C(=O)O. The summed E-state index contributed by atoms with van der Waals surface area (Å²) in [5, 5.41) is 8.32. The van der Waals surface area contributed by atoms with Crippen LogP contribution in [0.15, 0.2) is 0 Å². The van der Waals surface area contributed by atoms with Gasteiger partial charge in [-0.05, 0) is 18.8 Å². The smallest absolute Gasteiger partial charge is 0.306 e. The summed E-state index contributed by atoms with van der Waals surface area (Å²) >= 11 is 0. The minimum atomic E-state index is -3.07. The fraction of sp³-hybridized carbons (Fsp3) is 0.875. The summed E-state index contributed by atoms with van der Waals surface area (Å²) in [7, 11) is -3.07. The van der Waals surface area contributed by atoms with Crippen molar-refractivity contribution >= 4 is 15.8 Å². The van der Waals surface area contributed by atoms with Gasteiger partial charge < -0.3 is 5.11 Å². The molecule has 0 aromatic rings. The van der Waals surface area contributed by atoms with E-state index in [0.29, 0.717) is 6.42 Å². The fourth-order valence-electron chi connectivity index (χ4n) is 1.88. The Hall–Kier alpha value is -0.580. The first kappa shape index (κ1) is 10.5. The van der Waals surface area contributed by atoms with E-state index in [1.54, 1.807) is 6.92 Å². The van der Waals surface area contributed by atoms with E-state index in [1.165, 1.54) is 6.26 Å². The lowest BCUT2D eigenvalue weighted by Gasteiger charge is -2.07. The molecule has 0 bridgehead atoms. The number of carboxylic acids is 1. The van der Waals surface area contributed by atoms with Crippen LogP contribution in [0.4, 0.5) is 0 Å². The van der Waals surface area contributed by atoms with Gasteiger partial charge in [-0.1, -0.05) is 6.92 Å². The number of hydrogen-bond donors (Lipinski definition) is 1. The van der Waals surface area contributed by atoms with Crippen molar-refractivity contribution < 1.29 is 18.3 Å². The molecule has 0 spiro atoms. The normalized spacial score (nSPS) is 34.8. The Morgan fingerprint density at radius 1 is 1.38 bits per heavy atom. The Labute approximate surface area is 77.9 Å². The van der Waals surface area contributed by atoms with Gasteiger partial charge in [-0.3, -0.25) is 4.79 Å². The molecule has 1 fully saturated rings. The Balaban J connectivity index is 2.77. The molecular formula is C8H14O4S. The molecule has 5 heteroatoms. The lowest BCUT2D eigenvalue weighted by atomic mass is 9.99. The monoisotopic (exact) mass is 206 g/mol. The molecule has 1 aliphatic rings. The van der Waals surface area contributed by atoms with Gasteiger partial charge in [0, 0.05) is 6.26 Å². The van der Waals surface area contributed by atoms with Crippen molar-refractivity contribution in [1.82, 2.24) is 0 Å². The Kier molecular flexibility index (Phi) is 2.66. The maximum absolute atomic E-state index is 11.2. The second kappa shape index (κ2) is 3.29. The standard InChI is InChI=1S/C8H14O4S/c1-5-3-6(13(2,11)12)4-7(5)8(9)10/h5-7H,3-4H2,1-2H3,(H,9,10)/t5-,6-,7-/m1/s1. The third-order valence-electron chi connectivity index (χ3n) is 2.76. The van der Waals surface area contributed by atoms with Gasteiger partial charge in [0.05, 0.1) is 11.2 Å². The van der Waals surface area contributed by atoms with E-state index in [1.807, 2.05) is 0 Å². The van der Waals surface area contributed by atoms with Gasteiger partial charge in [-0.2, -0.15) is 0 Å². The summed E-state index contributed by atoms with van der Waals surface area (Å²) in [4.78, 5) is 10.7. The molecule has 13 heavy (non-hydrogen) atoms. The van der Waals surface area contributed by atoms with Crippen LogP contribution < -0.4 is 0 Å². The van der Waals surface area contributed by atoms with E-state index in [9.17, 15) is 13.2 Å². The van der Waals surface area contributed by atoms with Crippen molar-refractivity contribution in [1.29, 1.82) is 0 Å². The Morgan fingerprint density at radius 2 is 1.92 bits per heavy atom. The molecule has 0 radical (unpaired) electrons. The zero-order chi connectivity index (χ0) is 10.2. The largest absolute Gasteiger partial charge is 0.481 e. The highest BCUT2D eigenvalue weighted by atomic mass is 32.2. The van der Waals surface area contributed by atoms with Gasteiger partial charge in [0.1, 0.15) is 9.84 Å². The maximum Gasteiger partial charge on any atom is 0.306 e. The summed E-state index contributed by atoms with van der Waals surface area (Å²) in [6.07, 6.45) is 1.93. The molecule has 3 atom stereocenters. The van der Waals surface area contributed by atoms with Crippen LogP contribution in [-0.4, -0.2) is 31.0 Å². The van der Waals surface area contributed by atoms with Crippen LogP contribution in [0.5, 0.6) is 0 Å². The number of carbonyl (C=O) groups is 1. The van der Waals surface area contributed by atoms with Crippen LogP contribution in [0.2, 0.25) is 0 Å². The highest BCUT2D eigenvalue weighted by molar-refractivity contribution is 7.91. The number of aliphatic carboxylic acids is 1. The van der Waals surface area contributed by atoms with Gasteiger partial charge >= 0.3 is 5.97 Å². The van der Waals surface area contributed by atoms with Gasteiger partial charge in [-0.25, -0.2) is 8.42 Å². The van der Waals surface area contributed by atoms with Crippen molar-refractivity contribution in [2.45, 2.75) is 25.0 Å². The summed E-state index contributed by atoms with van der Waals surface area (Å²) in [5.41, 5.74) is 0. The topological polar surface area (TPSA) is 71.4 Å². The van der Waals surface area contributed by atoms with Gasteiger partial charge in [-0.15, -0.1) is 0 Å². The fourth-order valence-corrected chi connectivity index (χ4v) is 3.09. The predicted molar refractivity (Wildman–Crippen MR) is 48.2 cm³/mol. The average Bonchev–Trinajstić information content (AvgIpc) is 2.29. The van der Waals surface area contributed by atoms with E-state index in [0.717, 1.165) is 0 Å².